The van der Waals surface area contributed by atoms with Crippen molar-refractivity contribution in [1.82, 2.24) is 9.88 Å². The van der Waals surface area contributed by atoms with Crippen LogP contribution in [-0.2, 0) is 4.74 Å². The molecule has 2 aliphatic heterocycles. The van der Waals surface area contributed by atoms with Gasteiger partial charge in [0.25, 0.3) is 0 Å². The molecule has 6 heteroatoms. The van der Waals surface area contributed by atoms with Crippen LogP contribution in [0.15, 0.2) is 30.1 Å². The fourth-order valence-electron chi connectivity index (χ4n) is 2.79. The quantitative estimate of drug-likeness (QED) is 0.744. The van der Waals surface area contributed by atoms with Gasteiger partial charge >= 0.3 is 6.09 Å². The van der Waals surface area contributed by atoms with Crippen LogP contribution < -0.4 is 4.90 Å². The molecule has 118 valence electrons. The first-order chi connectivity index (χ1) is 10.3. The number of carbonyl (C=O) groups excluding carboxylic acids is 1. The lowest BCUT2D eigenvalue weighted by molar-refractivity contribution is 0.0291. The van der Waals surface area contributed by atoms with Crippen molar-refractivity contribution in [2.45, 2.75) is 26.4 Å². The third-order valence-corrected chi connectivity index (χ3v) is 4.00. The van der Waals surface area contributed by atoms with Gasteiger partial charge in [0.05, 0.1) is 11.9 Å². The molecule has 0 radical (unpaired) electrons. The first kappa shape index (κ1) is 15.2. The van der Waals surface area contributed by atoms with Gasteiger partial charge in [-0.15, -0.1) is 0 Å². The first-order valence-electron chi connectivity index (χ1n) is 7.38. The molecule has 1 aromatic heterocycles. The highest BCUT2D eigenvalue weighted by atomic mass is 35.5. The summed E-state index contributed by atoms with van der Waals surface area (Å²) >= 11 is 5.82. The number of aromatic nitrogens is 1. The van der Waals surface area contributed by atoms with Gasteiger partial charge in [0.15, 0.2) is 0 Å². The lowest BCUT2D eigenvalue weighted by atomic mass is 10.1. The lowest BCUT2D eigenvalue weighted by Gasteiger charge is -2.25. The van der Waals surface area contributed by atoms with E-state index in [1.54, 1.807) is 17.2 Å². The van der Waals surface area contributed by atoms with Gasteiger partial charge in [-0.1, -0.05) is 11.6 Å². The fourth-order valence-corrected chi connectivity index (χ4v) is 2.90. The first-order valence-corrected chi connectivity index (χ1v) is 7.76. The number of hydrogen-bond donors (Lipinski definition) is 0. The monoisotopic (exact) mass is 321 g/mol. The molecule has 0 aromatic carbocycles. The van der Waals surface area contributed by atoms with E-state index in [4.69, 9.17) is 16.3 Å². The molecule has 0 spiro atoms. The van der Waals surface area contributed by atoms with Crippen LogP contribution in [0, 0.1) is 5.92 Å². The zero-order chi connectivity index (χ0) is 15.9. The average Bonchev–Trinajstić information content (AvgIpc) is 2.95. The maximum atomic E-state index is 12.1. The molecule has 0 bridgehead atoms. The smallest absolute Gasteiger partial charge is 0.410 e. The number of hydrogen-bond acceptors (Lipinski definition) is 4. The SMILES string of the molecule is CC(C)(C)OC(=O)N1CC2=CN(c3ccc(Cl)nc3)CC2C1. The van der Waals surface area contributed by atoms with Crippen LogP contribution in [0.25, 0.3) is 0 Å². The van der Waals surface area contributed by atoms with Gasteiger partial charge in [0, 0.05) is 31.8 Å². The third-order valence-electron chi connectivity index (χ3n) is 3.77. The molecule has 3 heterocycles. The highest BCUT2D eigenvalue weighted by Gasteiger charge is 2.37. The second-order valence-corrected chi connectivity index (χ2v) is 7.14. The molecular weight excluding hydrogens is 302 g/mol. The van der Waals surface area contributed by atoms with Crippen LogP contribution in [0.4, 0.5) is 10.5 Å². The Kier molecular flexibility index (Phi) is 3.77. The summed E-state index contributed by atoms with van der Waals surface area (Å²) in [6.07, 6.45) is 3.65. The fraction of sp³-hybridized carbons (Fsp3) is 0.500. The number of halogens is 1. The van der Waals surface area contributed by atoms with Crippen LogP contribution in [-0.4, -0.2) is 41.2 Å². The molecule has 3 rings (SSSR count). The van der Waals surface area contributed by atoms with E-state index in [1.807, 2.05) is 26.8 Å². The third kappa shape index (κ3) is 3.19. The van der Waals surface area contributed by atoms with Crippen LogP contribution >= 0.6 is 11.6 Å². The normalized spacial score (nSPS) is 20.9. The summed E-state index contributed by atoms with van der Waals surface area (Å²) in [4.78, 5) is 20.2. The van der Waals surface area contributed by atoms with E-state index < -0.39 is 5.60 Å². The van der Waals surface area contributed by atoms with Crippen molar-refractivity contribution >= 4 is 23.4 Å². The topological polar surface area (TPSA) is 45.7 Å². The highest BCUT2D eigenvalue weighted by molar-refractivity contribution is 6.29. The van der Waals surface area contributed by atoms with E-state index in [9.17, 15) is 4.79 Å². The maximum Gasteiger partial charge on any atom is 0.410 e. The number of ether oxygens (including phenoxy) is 1. The second kappa shape index (κ2) is 5.47. The average molecular weight is 322 g/mol. The Morgan fingerprint density at radius 1 is 1.36 bits per heavy atom. The van der Waals surface area contributed by atoms with Crippen molar-refractivity contribution in [2.24, 2.45) is 5.92 Å². The van der Waals surface area contributed by atoms with Crippen LogP contribution in [0.1, 0.15) is 20.8 Å². The summed E-state index contributed by atoms with van der Waals surface area (Å²) < 4.78 is 5.43. The minimum absolute atomic E-state index is 0.234. The van der Waals surface area contributed by atoms with Gasteiger partial charge in [-0.2, -0.15) is 0 Å². The van der Waals surface area contributed by atoms with E-state index in [-0.39, 0.29) is 6.09 Å². The molecule has 2 aliphatic rings. The molecule has 1 amide bonds. The molecule has 5 nitrogen and oxygen atoms in total. The second-order valence-electron chi connectivity index (χ2n) is 6.75. The number of anilines is 1. The Morgan fingerprint density at radius 3 is 2.73 bits per heavy atom. The summed E-state index contributed by atoms with van der Waals surface area (Å²) in [5, 5.41) is 0.492. The summed E-state index contributed by atoms with van der Waals surface area (Å²) in [5.41, 5.74) is 1.83. The molecule has 1 fully saturated rings. The van der Waals surface area contributed by atoms with Crippen molar-refractivity contribution in [1.29, 1.82) is 0 Å². The summed E-state index contributed by atoms with van der Waals surface area (Å²) in [6, 6.07) is 3.75. The number of likely N-dealkylation sites (tertiary alicyclic amines) is 1. The molecular formula is C16H20ClN3O2. The molecule has 1 saturated heterocycles. The van der Waals surface area contributed by atoms with Crippen LogP contribution in [0.5, 0.6) is 0 Å². The standard InChI is InChI=1S/C16H20ClN3O2/c1-16(2,3)22-15(21)20-9-11-7-19(8-12(11)10-20)13-4-5-14(17)18-6-13/h4-7,12H,8-10H2,1-3H3. The van der Waals surface area contributed by atoms with E-state index in [0.717, 1.165) is 12.2 Å². The number of pyridine rings is 1. The predicted octanol–water partition coefficient (Wildman–Crippen LogP) is 3.31. The van der Waals surface area contributed by atoms with Crippen molar-refractivity contribution in [3.8, 4) is 0 Å². The maximum absolute atomic E-state index is 12.1. The molecule has 1 atom stereocenters. The van der Waals surface area contributed by atoms with Gasteiger partial charge in [-0.25, -0.2) is 9.78 Å². The van der Waals surface area contributed by atoms with Gasteiger partial charge in [-0.05, 0) is 38.5 Å². The van der Waals surface area contributed by atoms with Gasteiger partial charge in [-0.3, -0.25) is 0 Å². The Balaban J connectivity index is 1.66. The van der Waals surface area contributed by atoms with E-state index in [2.05, 4.69) is 16.1 Å². The highest BCUT2D eigenvalue weighted by Crippen LogP contribution is 2.33. The summed E-state index contributed by atoms with van der Waals surface area (Å²) in [7, 11) is 0. The van der Waals surface area contributed by atoms with Gasteiger partial charge in [0.2, 0.25) is 0 Å². The van der Waals surface area contributed by atoms with Crippen molar-refractivity contribution < 1.29 is 9.53 Å². The van der Waals surface area contributed by atoms with Crippen molar-refractivity contribution in [2.75, 3.05) is 24.5 Å². The van der Waals surface area contributed by atoms with Crippen molar-refractivity contribution in [3.05, 3.63) is 35.3 Å². The molecule has 1 aromatic rings. The predicted molar refractivity (Wildman–Crippen MR) is 86.0 cm³/mol. The van der Waals surface area contributed by atoms with Crippen molar-refractivity contribution in [3.63, 3.8) is 0 Å². The van der Waals surface area contributed by atoms with Crippen LogP contribution in [0.2, 0.25) is 5.15 Å². The summed E-state index contributed by atoms with van der Waals surface area (Å²) in [6.45, 7) is 7.86. The van der Waals surface area contributed by atoms with E-state index in [0.29, 0.717) is 24.2 Å². The minimum atomic E-state index is -0.454. The van der Waals surface area contributed by atoms with Gasteiger partial charge < -0.3 is 14.5 Å². The number of nitrogens with zero attached hydrogens (tertiary/aromatic N) is 3. The molecule has 0 N–H and O–H groups in total. The van der Waals surface area contributed by atoms with E-state index >= 15 is 0 Å². The Hall–Kier alpha value is -1.75. The number of carbonyl (C=O) groups is 1. The molecule has 0 saturated carbocycles. The number of amides is 1. The Labute approximate surface area is 135 Å². The van der Waals surface area contributed by atoms with E-state index in [1.165, 1.54) is 5.57 Å². The zero-order valence-electron chi connectivity index (χ0n) is 13.0. The number of rotatable bonds is 1. The Morgan fingerprint density at radius 2 is 2.14 bits per heavy atom. The molecule has 22 heavy (non-hydrogen) atoms. The molecule has 0 aliphatic carbocycles. The number of fused-ring (bicyclic) bond motifs is 1. The molecule has 1 unspecified atom stereocenters. The summed E-state index contributed by atoms with van der Waals surface area (Å²) in [5.74, 6) is 0.364. The van der Waals surface area contributed by atoms with Gasteiger partial charge in [0.1, 0.15) is 10.8 Å². The Bertz CT molecular complexity index is 607. The van der Waals surface area contributed by atoms with Crippen LogP contribution in [0.3, 0.4) is 0 Å². The zero-order valence-corrected chi connectivity index (χ0v) is 13.8. The lowest BCUT2D eigenvalue weighted by Crippen LogP contribution is -2.36. The minimum Gasteiger partial charge on any atom is -0.444 e. The largest absolute Gasteiger partial charge is 0.444 e.